The van der Waals surface area contributed by atoms with Gasteiger partial charge in [-0.1, -0.05) is 0 Å². The zero-order chi connectivity index (χ0) is 7.84. The third-order valence-corrected chi connectivity index (χ3v) is 1.84. The first-order valence-corrected chi connectivity index (χ1v) is 3.89. The van der Waals surface area contributed by atoms with Gasteiger partial charge in [-0.05, 0) is 18.5 Å². The van der Waals surface area contributed by atoms with Crippen LogP contribution in [-0.2, 0) is 0 Å². The van der Waals surface area contributed by atoms with Crippen LogP contribution in [0.3, 0.4) is 0 Å². The SMILES string of the molecule is Cc1cnc(Cl)nc1N1CC1. The highest BCUT2D eigenvalue weighted by molar-refractivity contribution is 6.28. The summed E-state index contributed by atoms with van der Waals surface area (Å²) in [6, 6.07) is 0. The molecule has 0 atom stereocenters. The van der Waals surface area contributed by atoms with Crippen LogP contribution in [0.1, 0.15) is 5.56 Å². The van der Waals surface area contributed by atoms with Gasteiger partial charge in [0.25, 0.3) is 0 Å². The summed E-state index contributed by atoms with van der Waals surface area (Å²) in [6.45, 7) is 4.17. The topological polar surface area (TPSA) is 28.8 Å². The summed E-state index contributed by atoms with van der Waals surface area (Å²) < 4.78 is 0. The van der Waals surface area contributed by atoms with Crippen LogP contribution in [-0.4, -0.2) is 23.1 Å². The van der Waals surface area contributed by atoms with Gasteiger partial charge in [-0.15, -0.1) is 0 Å². The van der Waals surface area contributed by atoms with Crippen molar-refractivity contribution in [3.8, 4) is 0 Å². The van der Waals surface area contributed by atoms with E-state index in [1.54, 1.807) is 6.20 Å². The van der Waals surface area contributed by atoms with Gasteiger partial charge < -0.3 is 4.90 Å². The molecule has 1 saturated heterocycles. The molecule has 0 radical (unpaired) electrons. The summed E-state index contributed by atoms with van der Waals surface area (Å²) in [7, 11) is 0. The molecule has 0 saturated carbocycles. The minimum absolute atomic E-state index is 0.331. The largest absolute Gasteiger partial charge is 0.353 e. The number of anilines is 1. The van der Waals surface area contributed by atoms with E-state index in [1.807, 2.05) is 6.92 Å². The molecule has 1 aliphatic heterocycles. The van der Waals surface area contributed by atoms with Crippen LogP contribution in [0.5, 0.6) is 0 Å². The first-order chi connectivity index (χ1) is 5.27. The van der Waals surface area contributed by atoms with E-state index in [9.17, 15) is 0 Å². The van der Waals surface area contributed by atoms with Crippen molar-refractivity contribution in [3.63, 3.8) is 0 Å². The van der Waals surface area contributed by atoms with Gasteiger partial charge in [-0.25, -0.2) is 9.97 Å². The van der Waals surface area contributed by atoms with E-state index in [0.29, 0.717) is 5.28 Å². The predicted molar refractivity (Wildman–Crippen MR) is 44.0 cm³/mol. The van der Waals surface area contributed by atoms with Gasteiger partial charge in [0.15, 0.2) is 0 Å². The maximum atomic E-state index is 5.64. The average molecular weight is 170 g/mol. The van der Waals surface area contributed by atoms with Crippen LogP contribution < -0.4 is 4.90 Å². The first-order valence-electron chi connectivity index (χ1n) is 3.51. The third-order valence-electron chi connectivity index (χ3n) is 1.66. The van der Waals surface area contributed by atoms with Crippen molar-refractivity contribution < 1.29 is 0 Å². The maximum absolute atomic E-state index is 5.64. The monoisotopic (exact) mass is 169 g/mol. The van der Waals surface area contributed by atoms with E-state index in [2.05, 4.69) is 14.9 Å². The lowest BCUT2D eigenvalue weighted by molar-refractivity contribution is 1.10. The quantitative estimate of drug-likeness (QED) is 0.468. The van der Waals surface area contributed by atoms with E-state index in [4.69, 9.17) is 11.6 Å². The fourth-order valence-electron chi connectivity index (χ4n) is 0.994. The Morgan fingerprint density at radius 1 is 1.55 bits per heavy atom. The molecule has 2 rings (SSSR count). The lowest BCUT2D eigenvalue weighted by Crippen LogP contribution is -1.98. The van der Waals surface area contributed by atoms with Crippen molar-refractivity contribution in [3.05, 3.63) is 17.0 Å². The molecule has 0 amide bonds. The molecule has 2 heterocycles. The van der Waals surface area contributed by atoms with Gasteiger partial charge in [0.1, 0.15) is 5.82 Å². The second-order valence-corrected chi connectivity index (χ2v) is 2.97. The van der Waals surface area contributed by atoms with Gasteiger partial charge in [0.05, 0.1) is 0 Å². The van der Waals surface area contributed by atoms with Crippen LogP contribution in [0.2, 0.25) is 5.28 Å². The summed E-state index contributed by atoms with van der Waals surface area (Å²) >= 11 is 5.64. The summed E-state index contributed by atoms with van der Waals surface area (Å²) in [5, 5.41) is 0.331. The fraction of sp³-hybridized carbons (Fsp3) is 0.429. The van der Waals surface area contributed by atoms with Crippen molar-refractivity contribution >= 4 is 17.4 Å². The molecule has 11 heavy (non-hydrogen) atoms. The zero-order valence-corrected chi connectivity index (χ0v) is 6.97. The Morgan fingerprint density at radius 2 is 2.27 bits per heavy atom. The average Bonchev–Trinajstić information content (AvgIpc) is 2.76. The molecule has 1 aromatic heterocycles. The molecule has 1 aliphatic rings. The number of aryl methyl sites for hydroxylation is 1. The lowest BCUT2D eigenvalue weighted by atomic mass is 10.3. The summed E-state index contributed by atoms with van der Waals surface area (Å²) in [5.41, 5.74) is 1.09. The second-order valence-electron chi connectivity index (χ2n) is 2.63. The molecule has 3 nitrogen and oxygen atoms in total. The van der Waals surface area contributed by atoms with Crippen molar-refractivity contribution in [2.75, 3.05) is 18.0 Å². The Balaban J connectivity index is 2.42. The van der Waals surface area contributed by atoms with Gasteiger partial charge in [0, 0.05) is 24.8 Å². The first kappa shape index (κ1) is 6.85. The number of nitrogens with zero attached hydrogens (tertiary/aromatic N) is 3. The van der Waals surface area contributed by atoms with Crippen molar-refractivity contribution in [1.82, 2.24) is 9.97 Å². The zero-order valence-electron chi connectivity index (χ0n) is 6.21. The van der Waals surface area contributed by atoms with E-state index >= 15 is 0 Å². The Hall–Kier alpha value is -0.830. The van der Waals surface area contributed by atoms with Gasteiger partial charge >= 0.3 is 0 Å². The smallest absolute Gasteiger partial charge is 0.224 e. The van der Waals surface area contributed by atoms with E-state index in [1.165, 1.54) is 0 Å². The summed E-state index contributed by atoms with van der Waals surface area (Å²) in [6.07, 6.45) is 1.75. The highest BCUT2D eigenvalue weighted by atomic mass is 35.5. The standard InChI is InChI=1S/C7H8ClN3/c1-5-4-9-7(8)10-6(5)11-2-3-11/h4H,2-3H2,1H3. The molecule has 0 aromatic carbocycles. The highest BCUT2D eigenvalue weighted by Crippen LogP contribution is 2.22. The maximum Gasteiger partial charge on any atom is 0.224 e. The third kappa shape index (κ3) is 1.28. The minimum atomic E-state index is 0.331. The molecule has 0 N–H and O–H groups in total. The number of halogens is 1. The van der Waals surface area contributed by atoms with E-state index in [-0.39, 0.29) is 0 Å². The van der Waals surface area contributed by atoms with Crippen molar-refractivity contribution in [1.29, 1.82) is 0 Å². The number of hydrogen-bond acceptors (Lipinski definition) is 3. The Bertz CT molecular complexity index is 283. The number of rotatable bonds is 1. The van der Waals surface area contributed by atoms with Crippen LogP contribution in [0.4, 0.5) is 5.82 Å². The fourth-order valence-corrected chi connectivity index (χ4v) is 1.12. The Morgan fingerprint density at radius 3 is 2.91 bits per heavy atom. The number of hydrogen-bond donors (Lipinski definition) is 0. The molecular formula is C7H8ClN3. The van der Waals surface area contributed by atoms with Crippen molar-refractivity contribution in [2.24, 2.45) is 0 Å². The van der Waals surface area contributed by atoms with Gasteiger partial charge in [-0.3, -0.25) is 0 Å². The second kappa shape index (κ2) is 2.34. The minimum Gasteiger partial charge on any atom is -0.353 e. The van der Waals surface area contributed by atoms with Crippen molar-refractivity contribution in [2.45, 2.75) is 6.92 Å². The molecule has 1 aromatic rings. The predicted octanol–water partition coefficient (Wildman–Crippen LogP) is 1.26. The summed E-state index contributed by atoms with van der Waals surface area (Å²) in [4.78, 5) is 10.1. The van der Waals surface area contributed by atoms with Crippen LogP contribution in [0, 0.1) is 6.92 Å². The highest BCUT2D eigenvalue weighted by Gasteiger charge is 2.21. The van der Waals surface area contributed by atoms with Gasteiger partial charge in [-0.2, -0.15) is 0 Å². The molecule has 58 valence electrons. The molecule has 0 spiro atoms. The van der Waals surface area contributed by atoms with Crippen LogP contribution in [0.25, 0.3) is 0 Å². The van der Waals surface area contributed by atoms with Crippen LogP contribution in [0.15, 0.2) is 6.20 Å². The van der Waals surface area contributed by atoms with E-state index < -0.39 is 0 Å². The Labute approximate surface area is 70.0 Å². The molecule has 0 unspecified atom stereocenters. The van der Waals surface area contributed by atoms with Gasteiger partial charge in [0.2, 0.25) is 5.28 Å². The Kier molecular flexibility index (Phi) is 1.46. The normalized spacial score (nSPS) is 15.3. The lowest BCUT2D eigenvalue weighted by Gasteiger charge is -2.03. The molecule has 4 heteroatoms. The molecule has 1 fully saturated rings. The van der Waals surface area contributed by atoms with E-state index in [0.717, 1.165) is 24.5 Å². The molecular weight excluding hydrogens is 162 g/mol. The summed E-state index contributed by atoms with van der Waals surface area (Å²) in [5.74, 6) is 0.977. The van der Waals surface area contributed by atoms with Crippen LogP contribution >= 0.6 is 11.6 Å². The molecule has 0 aliphatic carbocycles. The number of aromatic nitrogens is 2. The molecule has 0 bridgehead atoms.